The first-order chi connectivity index (χ1) is 34.2. The molecule has 0 aliphatic heterocycles. The molecule has 0 radical (unpaired) electrons. The second kappa shape index (κ2) is 16.7. The number of nitrogens with zero attached hydrogens (tertiary/aromatic N) is 3. The van der Waals surface area contributed by atoms with E-state index < -0.39 is 5.41 Å². The Balaban J connectivity index is 0.883. The molecule has 0 unspecified atom stereocenters. The SMILES string of the molecule is c1ccc(-c2ccc(-c3cc(-c4ccccc4)nc(-c4ccc(-c5ccc(-c6nc7ccccc7c7cc8c(cc67)-c6ccccc6C8(c6ccccc6)c6ccccc6)cc5)cc4)n3)cc2)cc1. The Morgan fingerprint density at radius 3 is 1.32 bits per heavy atom. The third kappa shape index (κ3) is 6.86. The molecule has 69 heavy (non-hydrogen) atoms. The number of fused-ring (bicyclic) bond motifs is 6. The minimum Gasteiger partial charge on any atom is -0.247 e. The molecule has 0 saturated carbocycles. The zero-order valence-corrected chi connectivity index (χ0v) is 37.7. The van der Waals surface area contributed by atoms with E-state index in [0.29, 0.717) is 5.82 Å². The highest BCUT2D eigenvalue weighted by Gasteiger charge is 2.46. The zero-order valence-electron chi connectivity index (χ0n) is 37.7. The summed E-state index contributed by atoms with van der Waals surface area (Å²) in [4.78, 5) is 15.7. The van der Waals surface area contributed by atoms with Crippen LogP contribution in [0.15, 0.2) is 261 Å². The highest BCUT2D eigenvalue weighted by atomic mass is 14.9. The lowest BCUT2D eigenvalue weighted by Gasteiger charge is -2.34. The Kier molecular flexibility index (Phi) is 9.73. The van der Waals surface area contributed by atoms with Gasteiger partial charge < -0.3 is 0 Å². The largest absolute Gasteiger partial charge is 0.247 e. The first-order valence-corrected chi connectivity index (χ1v) is 23.6. The first-order valence-electron chi connectivity index (χ1n) is 23.6. The van der Waals surface area contributed by atoms with Gasteiger partial charge in [0.1, 0.15) is 0 Å². The Bertz CT molecular complexity index is 3790. The van der Waals surface area contributed by atoms with E-state index in [1.54, 1.807) is 0 Å². The molecule has 0 amide bonds. The quantitative estimate of drug-likeness (QED) is 0.143. The smallest absolute Gasteiger partial charge is 0.160 e. The fourth-order valence-electron chi connectivity index (χ4n) is 10.7. The molecule has 3 heteroatoms. The summed E-state index contributed by atoms with van der Waals surface area (Å²) in [6.45, 7) is 0. The standard InChI is InChI=1S/C66H43N3/c1-5-17-44(18-6-1)45-29-35-49(36-30-45)63-43-62(48-19-7-2-8-20-48)68-65(69-63)51-39-33-47(34-40-51)46-31-37-50(38-32-46)64-58-41-57-54-25-13-15-27-59(54)66(52-21-9-3-10-22-52,53-23-11-4-12-24-53)60(57)42-56(58)55-26-14-16-28-61(55)67-64/h1-43H. The monoisotopic (exact) mass is 877 g/mol. The van der Waals surface area contributed by atoms with Crippen molar-refractivity contribution in [2.75, 3.05) is 0 Å². The molecule has 1 aliphatic rings. The number of pyridine rings is 1. The summed E-state index contributed by atoms with van der Waals surface area (Å²) in [5.41, 5.74) is 19.6. The van der Waals surface area contributed by atoms with Crippen molar-refractivity contribution in [2.45, 2.75) is 5.41 Å². The van der Waals surface area contributed by atoms with Crippen molar-refractivity contribution >= 4 is 21.7 Å². The van der Waals surface area contributed by atoms with Gasteiger partial charge in [-0.25, -0.2) is 15.0 Å². The summed E-state index contributed by atoms with van der Waals surface area (Å²) in [7, 11) is 0. The van der Waals surface area contributed by atoms with Crippen LogP contribution in [-0.2, 0) is 5.41 Å². The van der Waals surface area contributed by atoms with Crippen LogP contribution in [0.4, 0.5) is 0 Å². The Hall–Kier alpha value is -9.05. The number of aromatic nitrogens is 3. The predicted molar refractivity (Wildman–Crippen MR) is 285 cm³/mol. The van der Waals surface area contributed by atoms with Crippen molar-refractivity contribution in [1.29, 1.82) is 0 Å². The molecule has 0 fully saturated rings. The van der Waals surface area contributed by atoms with E-state index in [2.05, 4.69) is 249 Å². The molecule has 322 valence electrons. The van der Waals surface area contributed by atoms with Gasteiger partial charge in [-0.05, 0) is 85.3 Å². The molecule has 10 aromatic carbocycles. The molecule has 0 bridgehead atoms. The first kappa shape index (κ1) is 40.2. The molecule has 12 aromatic rings. The van der Waals surface area contributed by atoms with Crippen molar-refractivity contribution in [2.24, 2.45) is 0 Å². The summed E-state index contributed by atoms with van der Waals surface area (Å²) in [5, 5.41) is 3.48. The van der Waals surface area contributed by atoms with E-state index in [0.717, 1.165) is 66.8 Å². The summed E-state index contributed by atoms with van der Waals surface area (Å²) >= 11 is 0. The maximum atomic E-state index is 5.42. The van der Waals surface area contributed by atoms with E-state index in [1.807, 2.05) is 12.1 Å². The normalized spacial score (nSPS) is 12.5. The lowest BCUT2D eigenvalue weighted by Crippen LogP contribution is -2.28. The van der Waals surface area contributed by atoms with Crippen LogP contribution in [0.2, 0.25) is 0 Å². The molecule has 2 aromatic heterocycles. The molecule has 0 atom stereocenters. The van der Waals surface area contributed by atoms with Gasteiger partial charge in [-0.15, -0.1) is 0 Å². The fraction of sp³-hybridized carbons (Fsp3) is 0.0152. The Morgan fingerprint density at radius 2 is 0.710 bits per heavy atom. The van der Waals surface area contributed by atoms with Crippen LogP contribution in [0, 0.1) is 0 Å². The third-order valence-electron chi connectivity index (χ3n) is 14.0. The highest BCUT2D eigenvalue weighted by molar-refractivity contribution is 6.13. The van der Waals surface area contributed by atoms with E-state index in [9.17, 15) is 0 Å². The van der Waals surface area contributed by atoms with Crippen molar-refractivity contribution < 1.29 is 0 Å². The van der Waals surface area contributed by atoms with Gasteiger partial charge in [0.05, 0.1) is 28.0 Å². The topological polar surface area (TPSA) is 38.7 Å². The lowest BCUT2D eigenvalue weighted by atomic mass is 9.67. The molecular weight excluding hydrogens is 835 g/mol. The number of benzene rings is 10. The van der Waals surface area contributed by atoms with Gasteiger partial charge in [0.2, 0.25) is 0 Å². The molecule has 0 saturated heterocycles. The fourth-order valence-corrected chi connectivity index (χ4v) is 10.7. The zero-order chi connectivity index (χ0) is 45.7. The average Bonchev–Trinajstić information content (AvgIpc) is 3.73. The van der Waals surface area contributed by atoms with Crippen LogP contribution in [0.5, 0.6) is 0 Å². The second-order valence-corrected chi connectivity index (χ2v) is 17.9. The molecule has 0 N–H and O–H groups in total. The van der Waals surface area contributed by atoms with Gasteiger partial charge in [-0.2, -0.15) is 0 Å². The molecule has 1 aliphatic carbocycles. The van der Waals surface area contributed by atoms with Crippen molar-refractivity contribution in [1.82, 2.24) is 15.0 Å². The van der Waals surface area contributed by atoms with Crippen LogP contribution in [0.1, 0.15) is 22.3 Å². The molecule has 3 nitrogen and oxygen atoms in total. The molecule has 13 rings (SSSR count). The van der Waals surface area contributed by atoms with E-state index >= 15 is 0 Å². The lowest BCUT2D eigenvalue weighted by molar-refractivity contribution is 0.769. The van der Waals surface area contributed by atoms with E-state index in [1.165, 1.54) is 49.9 Å². The van der Waals surface area contributed by atoms with Crippen molar-refractivity contribution in [3.63, 3.8) is 0 Å². The van der Waals surface area contributed by atoms with E-state index in [-0.39, 0.29) is 0 Å². The van der Waals surface area contributed by atoms with Gasteiger partial charge >= 0.3 is 0 Å². The van der Waals surface area contributed by atoms with Crippen LogP contribution >= 0.6 is 0 Å². The van der Waals surface area contributed by atoms with Crippen molar-refractivity contribution in [3.8, 4) is 78.5 Å². The maximum absolute atomic E-state index is 5.42. The number of para-hydroxylation sites is 1. The number of rotatable bonds is 8. The van der Waals surface area contributed by atoms with Gasteiger partial charge in [0.25, 0.3) is 0 Å². The van der Waals surface area contributed by atoms with Gasteiger partial charge in [0.15, 0.2) is 5.82 Å². The number of hydrogen-bond acceptors (Lipinski definition) is 3. The van der Waals surface area contributed by atoms with Gasteiger partial charge in [-0.3, -0.25) is 0 Å². The molecular formula is C66H43N3. The number of hydrogen-bond donors (Lipinski definition) is 0. The van der Waals surface area contributed by atoms with E-state index in [4.69, 9.17) is 15.0 Å². The summed E-state index contributed by atoms with van der Waals surface area (Å²) in [6, 6.07) is 93.5. The van der Waals surface area contributed by atoms with Crippen LogP contribution in [-0.4, -0.2) is 15.0 Å². The predicted octanol–water partition coefficient (Wildman–Crippen LogP) is 16.5. The van der Waals surface area contributed by atoms with Crippen LogP contribution in [0.25, 0.3) is 100 Å². The maximum Gasteiger partial charge on any atom is 0.160 e. The van der Waals surface area contributed by atoms with Gasteiger partial charge in [-0.1, -0.05) is 237 Å². The highest BCUT2D eigenvalue weighted by Crippen LogP contribution is 2.57. The minimum atomic E-state index is -0.488. The minimum absolute atomic E-state index is 0.488. The third-order valence-corrected chi connectivity index (χ3v) is 14.0. The molecule has 0 spiro atoms. The average molecular weight is 878 g/mol. The van der Waals surface area contributed by atoms with Crippen molar-refractivity contribution in [3.05, 3.63) is 283 Å². The van der Waals surface area contributed by atoms with Gasteiger partial charge in [0, 0.05) is 33.0 Å². The Morgan fingerprint density at radius 1 is 0.261 bits per heavy atom. The molecule has 2 heterocycles. The Labute approximate surface area is 401 Å². The van der Waals surface area contributed by atoms with Crippen LogP contribution in [0.3, 0.4) is 0 Å². The summed E-state index contributed by atoms with van der Waals surface area (Å²) in [5.74, 6) is 0.688. The van der Waals surface area contributed by atoms with Crippen LogP contribution < -0.4 is 0 Å². The second-order valence-electron chi connectivity index (χ2n) is 17.9. The summed E-state index contributed by atoms with van der Waals surface area (Å²) < 4.78 is 0. The summed E-state index contributed by atoms with van der Waals surface area (Å²) in [6.07, 6.45) is 0.